The summed E-state index contributed by atoms with van der Waals surface area (Å²) in [5.41, 5.74) is 2.44. The Morgan fingerprint density at radius 3 is 2.68 bits per heavy atom. The lowest BCUT2D eigenvalue weighted by Crippen LogP contribution is -2.21. The number of nitrogens with one attached hydrogen (secondary N) is 1. The van der Waals surface area contributed by atoms with Crippen LogP contribution in [0.4, 0.5) is 0 Å². The Bertz CT molecular complexity index is 499. The van der Waals surface area contributed by atoms with Gasteiger partial charge in [-0.2, -0.15) is 10.2 Å². The second-order valence-corrected chi connectivity index (χ2v) is 4.91. The van der Waals surface area contributed by atoms with E-state index in [9.17, 15) is 0 Å². The van der Waals surface area contributed by atoms with Gasteiger partial charge in [-0.25, -0.2) is 0 Å². The molecule has 1 atom stereocenters. The third-order valence-electron chi connectivity index (χ3n) is 3.21. The standard InChI is InChI=1S/C14H23N5/c1-4-6-15-14(5-2)13-8-17-19(11-13)10-12-7-16-18(3)9-12/h7-9,11,14-15H,4-6,10H2,1-3H3. The Balaban J connectivity index is 2.01. The molecule has 2 aromatic heterocycles. The van der Waals surface area contributed by atoms with Gasteiger partial charge in [0, 0.05) is 36.6 Å². The minimum absolute atomic E-state index is 0.405. The van der Waals surface area contributed by atoms with Crippen LogP contribution in [0.1, 0.15) is 43.9 Å². The topological polar surface area (TPSA) is 47.7 Å². The van der Waals surface area contributed by atoms with Gasteiger partial charge in [0.2, 0.25) is 0 Å². The van der Waals surface area contributed by atoms with Crippen molar-refractivity contribution in [1.29, 1.82) is 0 Å². The van der Waals surface area contributed by atoms with Crippen LogP contribution >= 0.6 is 0 Å². The Morgan fingerprint density at radius 1 is 1.21 bits per heavy atom. The average Bonchev–Trinajstić information content (AvgIpc) is 3.01. The van der Waals surface area contributed by atoms with Crippen LogP contribution in [0.2, 0.25) is 0 Å². The molecule has 0 radical (unpaired) electrons. The van der Waals surface area contributed by atoms with E-state index < -0.39 is 0 Å². The Labute approximate surface area is 114 Å². The molecule has 2 heterocycles. The fourth-order valence-corrected chi connectivity index (χ4v) is 2.20. The van der Waals surface area contributed by atoms with Crippen LogP contribution in [-0.2, 0) is 13.6 Å². The lowest BCUT2D eigenvalue weighted by molar-refractivity contribution is 0.517. The molecule has 0 aromatic carbocycles. The lowest BCUT2D eigenvalue weighted by atomic mass is 10.1. The first-order chi connectivity index (χ1) is 9.22. The third-order valence-corrected chi connectivity index (χ3v) is 3.21. The van der Waals surface area contributed by atoms with Crippen LogP contribution in [0, 0.1) is 0 Å². The highest BCUT2D eigenvalue weighted by Crippen LogP contribution is 2.16. The normalized spacial score (nSPS) is 12.8. The third kappa shape index (κ3) is 3.67. The summed E-state index contributed by atoms with van der Waals surface area (Å²) in [5.74, 6) is 0. The average molecular weight is 261 g/mol. The summed E-state index contributed by atoms with van der Waals surface area (Å²) in [5, 5.41) is 12.2. The van der Waals surface area contributed by atoms with Gasteiger partial charge in [-0.1, -0.05) is 13.8 Å². The molecule has 0 aliphatic carbocycles. The number of hydrogen-bond donors (Lipinski definition) is 1. The largest absolute Gasteiger partial charge is 0.310 e. The van der Waals surface area contributed by atoms with E-state index in [2.05, 4.69) is 35.6 Å². The fourth-order valence-electron chi connectivity index (χ4n) is 2.20. The molecule has 104 valence electrons. The highest BCUT2D eigenvalue weighted by atomic mass is 15.3. The molecule has 1 N–H and O–H groups in total. The zero-order chi connectivity index (χ0) is 13.7. The maximum atomic E-state index is 4.44. The Hall–Kier alpha value is -1.62. The van der Waals surface area contributed by atoms with E-state index in [-0.39, 0.29) is 0 Å². The summed E-state index contributed by atoms with van der Waals surface area (Å²) in [6.45, 7) is 6.21. The molecule has 2 aromatic rings. The van der Waals surface area contributed by atoms with Gasteiger partial charge in [0.05, 0.1) is 18.9 Å². The molecule has 19 heavy (non-hydrogen) atoms. The van der Waals surface area contributed by atoms with Gasteiger partial charge in [0.1, 0.15) is 0 Å². The van der Waals surface area contributed by atoms with Crippen LogP contribution < -0.4 is 5.32 Å². The van der Waals surface area contributed by atoms with E-state index in [1.165, 1.54) is 11.1 Å². The second kappa shape index (κ2) is 6.52. The molecule has 0 aliphatic rings. The Kier molecular flexibility index (Phi) is 4.74. The molecule has 5 heteroatoms. The smallest absolute Gasteiger partial charge is 0.0690 e. The number of aromatic nitrogens is 4. The molecule has 0 bridgehead atoms. The number of aryl methyl sites for hydroxylation is 1. The summed E-state index contributed by atoms with van der Waals surface area (Å²) in [7, 11) is 1.93. The lowest BCUT2D eigenvalue weighted by Gasteiger charge is -2.14. The molecule has 1 unspecified atom stereocenters. The van der Waals surface area contributed by atoms with Crippen LogP contribution in [0.3, 0.4) is 0 Å². The van der Waals surface area contributed by atoms with Crippen LogP contribution in [-0.4, -0.2) is 26.1 Å². The van der Waals surface area contributed by atoms with Crippen LogP contribution in [0.5, 0.6) is 0 Å². The number of hydrogen-bond acceptors (Lipinski definition) is 3. The number of nitrogens with zero attached hydrogens (tertiary/aromatic N) is 4. The Morgan fingerprint density at radius 2 is 2.05 bits per heavy atom. The molecule has 0 aliphatic heterocycles. The van der Waals surface area contributed by atoms with Crippen molar-refractivity contribution < 1.29 is 0 Å². The van der Waals surface area contributed by atoms with Gasteiger partial charge >= 0.3 is 0 Å². The van der Waals surface area contributed by atoms with Crippen molar-refractivity contribution in [1.82, 2.24) is 24.9 Å². The van der Waals surface area contributed by atoms with Gasteiger partial charge < -0.3 is 5.32 Å². The van der Waals surface area contributed by atoms with Gasteiger partial charge in [-0.3, -0.25) is 9.36 Å². The SMILES string of the molecule is CCCNC(CC)c1cnn(Cc2cnn(C)c2)c1. The minimum atomic E-state index is 0.405. The predicted octanol–water partition coefficient (Wildman–Crippen LogP) is 2.12. The summed E-state index contributed by atoms with van der Waals surface area (Å²) >= 11 is 0. The van der Waals surface area contributed by atoms with Crippen molar-refractivity contribution in [3.8, 4) is 0 Å². The minimum Gasteiger partial charge on any atom is -0.310 e. The molecule has 0 amide bonds. The first-order valence-corrected chi connectivity index (χ1v) is 6.96. The van der Waals surface area contributed by atoms with E-state index in [0.29, 0.717) is 6.04 Å². The molecular formula is C14H23N5. The van der Waals surface area contributed by atoms with Crippen molar-refractivity contribution in [3.05, 3.63) is 35.9 Å². The fraction of sp³-hybridized carbons (Fsp3) is 0.571. The van der Waals surface area contributed by atoms with Crippen molar-refractivity contribution >= 4 is 0 Å². The molecule has 0 fully saturated rings. The van der Waals surface area contributed by atoms with Crippen molar-refractivity contribution in [3.63, 3.8) is 0 Å². The van der Waals surface area contributed by atoms with Gasteiger partial charge in [0.15, 0.2) is 0 Å². The first kappa shape index (κ1) is 13.8. The molecule has 0 saturated carbocycles. The monoisotopic (exact) mass is 261 g/mol. The van der Waals surface area contributed by atoms with Gasteiger partial charge in [-0.15, -0.1) is 0 Å². The highest BCUT2D eigenvalue weighted by molar-refractivity contribution is 5.12. The number of rotatable bonds is 7. The predicted molar refractivity (Wildman–Crippen MR) is 75.9 cm³/mol. The molecule has 2 rings (SSSR count). The summed E-state index contributed by atoms with van der Waals surface area (Å²) in [6, 6.07) is 0.405. The second-order valence-electron chi connectivity index (χ2n) is 4.91. The van der Waals surface area contributed by atoms with E-state index >= 15 is 0 Å². The van der Waals surface area contributed by atoms with Crippen molar-refractivity contribution in [2.24, 2.45) is 7.05 Å². The quantitative estimate of drug-likeness (QED) is 0.830. The van der Waals surface area contributed by atoms with Crippen molar-refractivity contribution in [2.75, 3.05) is 6.54 Å². The van der Waals surface area contributed by atoms with Gasteiger partial charge in [0.25, 0.3) is 0 Å². The summed E-state index contributed by atoms with van der Waals surface area (Å²) in [6.07, 6.45) is 10.2. The summed E-state index contributed by atoms with van der Waals surface area (Å²) in [4.78, 5) is 0. The zero-order valence-electron chi connectivity index (χ0n) is 12.0. The van der Waals surface area contributed by atoms with Crippen LogP contribution in [0.25, 0.3) is 0 Å². The van der Waals surface area contributed by atoms with E-state index in [1.54, 1.807) is 0 Å². The molecule has 0 saturated heterocycles. The van der Waals surface area contributed by atoms with Gasteiger partial charge in [-0.05, 0) is 19.4 Å². The van der Waals surface area contributed by atoms with Crippen LogP contribution in [0.15, 0.2) is 24.8 Å². The molecule has 5 nitrogen and oxygen atoms in total. The first-order valence-electron chi connectivity index (χ1n) is 6.96. The maximum absolute atomic E-state index is 4.44. The van der Waals surface area contributed by atoms with E-state index in [1.807, 2.05) is 35.0 Å². The van der Waals surface area contributed by atoms with E-state index in [0.717, 1.165) is 25.9 Å². The maximum Gasteiger partial charge on any atom is 0.0690 e. The zero-order valence-corrected chi connectivity index (χ0v) is 12.0. The van der Waals surface area contributed by atoms with Crippen molar-refractivity contribution in [2.45, 2.75) is 39.3 Å². The highest BCUT2D eigenvalue weighted by Gasteiger charge is 2.10. The van der Waals surface area contributed by atoms with E-state index in [4.69, 9.17) is 0 Å². The molecular weight excluding hydrogens is 238 g/mol. The molecule has 0 spiro atoms. The summed E-state index contributed by atoms with van der Waals surface area (Å²) < 4.78 is 3.79.